The van der Waals surface area contributed by atoms with Crippen LogP contribution in [0.15, 0.2) is 0 Å². The normalized spacial score (nSPS) is 19.5. The Bertz CT molecular complexity index is 408. The second-order valence-electron chi connectivity index (χ2n) is 3.91. The number of nitrogens with zero attached hydrogens (tertiary/aromatic N) is 2. The molecule has 0 bridgehead atoms. The minimum atomic E-state index is -1.11. The minimum Gasteiger partial charge on any atom is -0.275 e. The summed E-state index contributed by atoms with van der Waals surface area (Å²) in [5.74, 6) is 8.58. The molecular weight excluding hydrogens is 244 g/mol. The van der Waals surface area contributed by atoms with Crippen LogP contribution >= 0.6 is 0 Å². The van der Waals surface area contributed by atoms with Crippen LogP contribution < -0.4 is 22.5 Å². The number of hydrogen-bond acceptors (Lipinski definition) is 6. The molecule has 10 nitrogen and oxygen atoms in total. The molecule has 0 aromatic carbocycles. The van der Waals surface area contributed by atoms with Crippen molar-refractivity contribution < 1.29 is 19.2 Å². The molecular formula is C8H14N6O4. The lowest BCUT2D eigenvalue weighted by Gasteiger charge is -2.21. The van der Waals surface area contributed by atoms with E-state index in [2.05, 4.69) is 0 Å². The van der Waals surface area contributed by atoms with Gasteiger partial charge in [0.2, 0.25) is 0 Å². The number of nitrogens with two attached hydrogens (primary N) is 2. The van der Waals surface area contributed by atoms with Crippen LogP contribution in [0.1, 0.15) is 13.8 Å². The summed E-state index contributed by atoms with van der Waals surface area (Å²) in [5, 5.41) is 0. The summed E-state index contributed by atoms with van der Waals surface area (Å²) in [5.41, 5.74) is 3.40. The minimum absolute atomic E-state index is 0.264. The molecule has 0 spiro atoms. The summed E-state index contributed by atoms with van der Waals surface area (Å²) < 4.78 is 0. The van der Waals surface area contributed by atoms with Gasteiger partial charge in [0.15, 0.2) is 0 Å². The van der Waals surface area contributed by atoms with Crippen molar-refractivity contribution in [2.24, 2.45) is 17.6 Å². The number of carbonyl (C=O) groups is 4. The molecule has 6 N–H and O–H groups in total. The monoisotopic (exact) mass is 258 g/mol. The Labute approximate surface area is 102 Å². The van der Waals surface area contributed by atoms with Crippen molar-refractivity contribution in [2.75, 3.05) is 0 Å². The average Bonchev–Trinajstić information content (AvgIpc) is 2.59. The van der Waals surface area contributed by atoms with Crippen molar-refractivity contribution >= 4 is 24.0 Å². The third-order valence-electron chi connectivity index (χ3n) is 2.45. The number of hydrogen-bond donors (Lipinski definition) is 4. The van der Waals surface area contributed by atoms with Crippen molar-refractivity contribution in [3.8, 4) is 0 Å². The van der Waals surface area contributed by atoms with Gasteiger partial charge in [-0.1, -0.05) is 13.8 Å². The molecule has 0 aromatic heterocycles. The van der Waals surface area contributed by atoms with E-state index in [1.807, 2.05) is 0 Å². The van der Waals surface area contributed by atoms with Crippen LogP contribution in [0.4, 0.5) is 14.4 Å². The molecule has 1 atom stereocenters. The second-order valence-corrected chi connectivity index (χ2v) is 3.91. The van der Waals surface area contributed by atoms with Crippen LogP contribution in [-0.4, -0.2) is 39.8 Å². The number of nitrogens with one attached hydrogen (secondary N) is 2. The van der Waals surface area contributed by atoms with E-state index < -0.39 is 30.0 Å². The van der Waals surface area contributed by atoms with Crippen molar-refractivity contribution in [1.82, 2.24) is 20.7 Å². The van der Waals surface area contributed by atoms with Gasteiger partial charge in [-0.25, -0.2) is 31.0 Å². The van der Waals surface area contributed by atoms with Crippen LogP contribution in [0.2, 0.25) is 0 Å². The lowest BCUT2D eigenvalue weighted by molar-refractivity contribution is -0.127. The Morgan fingerprint density at radius 1 is 1.17 bits per heavy atom. The number of hydrazine groups is 2. The molecule has 100 valence electrons. The van der Waals surface area contributed by atoms with Gasteiger partial charge in [-0.15, -0.1) is 0 Å². The Morgan fingerprint density at radius 3 is 2.06 bits per heavy atom. The third-order valence-corrected chi connectivity index (χ3v) is 2.45. The summed E-state index contributed by atoms with van der Waals surface area (Å²) in [4.78, 5) is 47.4. The number of imide groups is 4. The van der Waals surface area contributed by atoms with E-state index in [0.29, 0.717) is 4.90 Å². The maximum Gasteiger partial charge on any atom is 0.346 e. The first kappa shape index (κ1) is 13.9. The van der Waals surface area contributed by atoms with Crippen molar-refractivity contribution in [3.63, 3.8) is 0 Å². The first-order valence-corrected chi connectivity index (χ1v) is 5.05. The molecule has 1 rings (SSSR count). The topological polar surface area (TPSA) is 151 Å². The highest BCUT2D eigenvalue weighted by Crippen LogP contribution is 2.23. The van der Waals surface area contributed by atoms with Gasteiger partial charge in [0.1, 0.15) is 6.04 Å². The lowest BCUT2D eigenvalue weighted by atomic mass is 10.0. The maximum atomic E-state index is 11.9. The largest absolute Gasteiger partial charge is 0.346 e. The van der Waals surface area contributed by atoms with Crippen molar-refractivity contribution in [1.29, 1.82) is 0 Å². The fourth-order valence-electron chi connectivity index (χ4n) is 1.68. The van der Waals surface area contributed by atoms with Gasteiger partial charge in [0.05, 0.1) is 0 Å². The quantitative estimate of drug-likeness (QED) is 0.193. The van der Waals surface area contributed by atoms with E-state index in [9.17, 15) is 19.2 Å². The summed E-state index contributed by atoms with van der Waals surface area (Å²) >= 11 is 0. The van der Waals surface area contributed by atoms with Crippen LogP contribution in [-0.2, 0) is 4.79 Å². The predicted molar refractivity (Wildman–Crippen MR) is 58.1 cm³/mol. The van der Waals surface area contributed by atoms with E-state index >= 15 is 0 Å². The molecule has 1 unspecified atom stereocenters. The number of carbonyl (C=O) groups excluding carboxylic acids is 4. The van der Waals surface area contributed by atoms with E-state index in [1.54, 1.807) is 24.7 Å². The SMILES string of the molecule is CC(C)C1C(=O)N(C(=O)NN)C(=O)N1C(=O)NN. The van der Waals surface area contributed by atoms with Gasteiger partial charge in [0, 0.05) is 0 Å². The first-order chi connectivity index (χ1) is 8.36. The zero-order valence-electron chi connectivity index (χ0n) is 9.84. The van der Waals surface area contributed by atoms with Gasteiger partial charge >= 0.3 is 18.1 Å². The molecule has 0 aliphatic carbocycles. The summed E-state index contributed by atoms with van der Waals surface area (Å²) in [6.07, 6.45) is 0. The number of rotatable bonds is 1. The smallest absolute Gasteiger partial charge is 0.275 e. The zero-order chi connectivity index (χ0) is 14.0. The molecule has 1 fully saturated rings. The average molecular weight is 258 g/mol. The molecule has 7 amide bonds. The standard InChI is InChI=1S/C8H14N6O4/c1-3(2)4-5(15)14(7(17)12-10)8(18)13(4)6(16)11-9/h3-4H,9-10H2,1-2H3,(H,11,16)(H,12,17). The lowest BCUT2D eigenvalue weighted by Crippen LogP contribution is -2.51. The molecule has 1 aliphatic rings. The Balaban J connectivity index is 3.18. The van der Waals surface area contributed by atoms with E-state index in [4.69, 9.17) is 11.7 Å². The molecule has 0 radical (unpaired) electrons. The molecule has 18 heavy (non-hydrogen) atoms. The Morgan fingerprint density at radius 2 is 1.67 bits per heavy atom. The molecule has 0 saturated carbocycles. The molecule has 1 aliphatic heterocycles. The zero-order valence-corrected chi connectivity index (χ0v) is 9.84. The molecule has 1 heterocycles. The van der Waals surface area contributed by atoms with E-state index in [0.717, 1.165) is 0 Å². The molecule has 0 aromatic rings. The fraction of sp³-hybridized carbons (Fsp3) is 0.500. The maximum absolute atomic E-state index is 11.9. The number of amides is 7. The van der Waals surface area contributed by atoms with Gasteiger partial charge < -0.3 is 0 Å². The van der Waals surface area contributed by atoms with Crippen LogP contribution in [0.5, 0.6) is 0 Å². The van der Waals surface area contributed by atoms with Crippen molar-refractivity contribution in [3.05, 3.63) is 0 Å². The van der Waals surface area contributed by atoms with E-state index in [-0.39, 0.29) is 10.8 Å². The van der Waals surface area contributed by atoms with Gasteiger partial charge in [-0.05, 0) is 5.92 Å². The van der Waals surface area contributed by atoms with Gasteiger partial charge in [-0.3, -0.25) is 15.6 Å². The van der Waals surface area contributed by atoms with Crippen LogP contribution in [0.3, 0.4) is 0 Å². The summed E-state index contributed by atoms with van der Waals surface area (Å²) in [6, 6.07) is -4.27. The molecule has 10 heteroatoms. The third kappa shape index (κ3) is 1.98. The number of urea groups is 3. The van der Waals surface area contributed by atoms with Crippen LogP contribution in [0, 0.1) is 5.92 Å². The molecule has 1 saturated heterocycles. The van der Waals surface area contributed by atoms with Crippen LogP contribution in [0.25, 0.3) is 0 Å². The highest BCUT2D eigenvalue weighted by molar-refractivity contribution is 6.20. The van der Waals surface area contributed by atoms with E-state index in [1.165, 1.54) is 0 Å². The highest BCUT2D eigenvalue weighted by Gasteiger charge is 2.52. The van der Waals surface area contributed by atoms with Gasteiger partial charge in [0.25, 0.3) is 5.91 Å². The first-order valence-electron chi connectivity index (χ1n) is 5.05. The highest BCUT2D eigenvalue weighted by atomic mass is 16.2. The van der Waals surface area contributed by atoms with Gasteiger partial charge in [-0.2, -0.15) is 4.90 Å². The summed E-state index contributed by atoms with van der Waals surface area (Å²) in [6.45, 7) is 3.24. The Hall–Kier alpha value is -2.20. The fourth-order valence-corrected chi connectivity index (χ4v) is 1.68. The second kappa shape index (κ2) is 4.98. The summed E-state index contributed by atoms with van der Waals surface area (Å²) in [7, 11) is 0. The van der Waals surface area contributed by atoms with Crippen molar-refractivity contribution in [2.45, 2.75) is 19.9 Å². The predicted octanol–water partition coefficient (Wildman–Crippen LogP) is -1.56. The Kier molecular flexibility index (Phi) is 3.83.